The monoisotopic (exact) mass is 240 g/mol. The van der Waals surface area contributed by atoms with Crippen LogP contribution in [0, 0.1) is 11.3 Å². The molecular weight excluding hydrogens is 212 g/mol. The van der Waals surface area contributed by atoms with Gasteiger partial charge in [-0.3, -0.25) is 0 Å². The van der Waals surface area contributed by atoms with Gasteiger partial charge < -0.3 is 15.1 Å². The maximum atomic E-state index is 8.98. The Bertz CT molecular complexity index is 210. The Labute approximate surface area is 107 Å². The quantitative estimate of drug-likeness (QED) is 0.622. The minimum absolute atomic E-state index is 0.00119. The summed E-state index contributed by atoms with van der Waals surface area (Å²) in [4.78, 5) is 4.65. The Morgan fingerprint density at radius 1 is 1.12 bits per heavy atom. The van der Waals surface area contributed by atoms with Gasteiger partial charge in [0.25, 0.3) is 0 Å². The molecule has 0 bridgehead atoms. The van der Waals surface area contributed by atoms with Crippen LogP contribution in [0.4, 0.5) is 0 Å². The van der Waals surface area contributed by atoms with Crippen LogP contribution in [0.1, 0.15) is 26.7 Å². The SMILES string of the molecule is CCCN(CCC(C#N)NCC)CCN(C)C. The second-order valence-electron chi connectivity index (χ2n) is 4.67. The molecule has 0 aromatic heterocycles. The molecule has 1 atom stereocenters. The van der Waals surface area contributed by atoms with Crippen molar-refractivity contribution < 1.29 is 0 Å². The van der Waals surface area contributed by atoms with Gasteiger partial charge in [-0.05, 0) is 40.0 Å². The molecule has 100 valence electrons. The van der Waals surface area contributed by atoms with E-state index in [9.17, 15) is 0 Å². The summed E-state index contributed by atoms with van der Waals surface area (Å²) in [6.45, 7) is 9.41. The zero-order chi connectivity index (χ0) is 13.1. The molecule has 4 nitrogen and oxygen atoms in total. The lowest BCUT2D eigenvalue weighted by molar-refractivity contribution is 0.234. The lowest BCUT2D eigenvalue weighted by Gasteiger charge is -2.24. The Kier molecular flexibility index (Phi) is 10.1. The average Bonchev–Trinajstić information content (AvgIpc) is 2.30. The summed E-state index contributed by atoms with van der Waals surface area (Å²) < 4.78 is 0. The van der Waals surface area contributed by atoms with E-state index >= 15 is 0 Å². The van der Waals surface area contributed by atoms with Crippen molar-refractivity contribution in [1.29, 1.82) is 5.26 Å². The third kappa shape index (κ3) is 9.11. The Morgan fingerprint density at radius 2 is 1.82 bits per heavy atom. The maximum absolute atomic E-state index is 8.98. The summed E-state index contributed by atoms with van der Waals surface area (Å²) in [5, 5.41) is 12.2. The lowest BCUT2D eigenvalue weighted by Crippen LogP contribution is -2.37. The first kappa shape index (κ1) is 16.4. The molecular formula is C13H28N4. The minimum Gasteiger partial charge on any atom is -0.308 e. The predicted molar refractivity (Wildman–Crippen MR) is 73.0 cm³/mol. The topological polar surface area (TPSA) is 42.3 Å². The molecule has 0 saturated carbocycles. The number of nitrogens with one attached hydrogen (secondary N) is 1. The molecule has 0 spiro atoms. The van der Waals surface area contributed by atoms with Crippen LogP contribution in [0.3, 0.4) is 0 Å². The number of hydrogen-bond donors (Lipinski definition) is 1. The van der Waals surface area contributed by atoms with Crippen molar-refractivity contribution in [2.45, 2.75) is 32.7 Å². The first-order valence-electron chi connectivity index (χ1n) is 6.64. The second-order valence-corrected chi connectivity index (χ2v) is 4.67. The van der Waals surface area contributed by atoms with Crippen molar-refractivity contribution in [3.8, 4) is 6.07 Å². The van der Waals surface area contributed by atoms with Gasteiger partial charge in [-0.2, -0.15) is 5.26 Å². The number of hydrogen-bond acceptors (Lipinski definition) is 4. The summed E-state index contributed by atoms with van der Waals surface area (Å²) in [7, 11) is 4.20. The lowest BCUT2D eigenvalue weighted by atomic mass is 10.2. The highest BCUT2D eigenvalue weighted by atomic mass is 15.2. The third-order valence-electron chi connectivity index (χ3n) is 2.74. The zero-order valence-corrected chi connectivity index (χ0v) is 11.9. The third-order valence-corrected chi connectivity index (χ3v) is 2.74. The van der Waals surface area contributed by atoms with Crippen molar-refractivity contribution in [1.82, 2.24) is 15.1 Å². The van der Waals surface area contributed by atoms with Crippen LogP contribution < -0.4 is 5.32 Å². The van der Waals surface area contributed by atoms with Crippen LogP contribution in [0.25, 0.3) is 0 Å². The van der Waals surface area contributed by atoms with Crippen LogP contribution in [0.2, 0.25) is 0 Å². The zero-order valence-electron chi connectivity index (χ0n) is 11.9. The van der Waals surface area contributed by atoms with Gasteiger partial charge in [0.1, 0.15) is 0 Å². The van der Waals surface area contributed by atoms with Crippen LogP contribution in [-0.2, 0) is 0 Å². The van der Waals surface area contributed by atoms with Gasteiger partial charge >= 0.3 is 0 Å². The summed E-state index contributed by atoms with van der Waals surface area (Å²) in [6, 6.07) is 2.32. The van der Waals surface area contributed by atoms with Gasteiger partial charge in [-0.15, -0.1) is 0 Å². The molecule has 17 heavy (non-hydrogen) atoms. The molecule has 0 heterocycles. The van der Waals surface area contributed by atoms with Crippen molar-refractivity contribution in [2.75, 3.05) is 46.8 Å². The molecule has 0 aliphatic rings. The molecule has 0 fully saturated rings. The molecule has 1 unspecified atom stereocenters. The van der Waals surface area contributed by atoms with Crippen LogP contribution in [-0.4, -0.2) is 62.7 Å². The molecule has 0 aliphatic carbocycles. The fourth-order valence-electron chi connectivity index (χ4n) is 1.76. The largest absolute Gasteiger partial charge is 0.308 e. The molecule has 0 saturated heterocycles. The van der Waals surface area contributed by atoms with Crippen LogP contribution in [0.15, 0.2) is 0 Å². The molecule has 0 radical (unpaired) electrons. The van der Waals surface area contributed by atoms with E-state index in [1.54, 1.807) is 0 Å². The highest BCUT2D eigenvalue weighted by Crippen LogP contribution is 1.98. The van der Waals surface area contributed by atoms with E-state index < -0.39 is 0 Å². The standard InChI is InChI=1S/C13H28N4/c1-5-8-17(11-10-16(3)4)9-7-13(12-14)15-6-2/h13,15H,5-11H2,1-4H3. The smallest absolute Gasteiger partial charge is 0.0965 e. The van der Waals surface area contributed by atoms with Crippen molar-refractivity contribution in [2.24, 2.45) is 0 Å². The Balaban J connectivity index is 3.93. The van der Waals surface area contributed by atoms with E-state index in [0.29, 0.717) is 0 Å². The molecule has 1 N–H and O–H groups in total. The normalized spacial score (nSPS) is 13.0. The van der Waals surface area contributed by atoms with E-state index in [2.05, 4.69) is 42.2 Å². The van der Waals surface area contributed by atoms with E-state index in [-0.39, 0.29) is 6.04 Å². The first-order valence-corrected chi connectivity index (χ1v) is 6.64. The van der Waals surface area contributed by atoms with Crippen molar-refractivity contribution >= 4 is 0 Å². The van der Waals surface area contributed by atoms with Gasteiger partial charge in [0, 0.05) is 19.6 Å². The van der Waals surface area contributed by atoms with Gasteiger partial charge in [-0.1, -0.05) is 13.8 Å². The average molecular weight is 240 g/mol. The molecule has 4 heteroatoms. The van der Waals surface area contributed by atoms with Gasteiger partial charge in [0.15, 0.2) is 0 Å². The van der Waals surface area contributed by atoms with E-state index in [4.69, 9.17) is 5.26 Å². The maximum Gasteiger partial charge on any atom is 0.0965 e. The predicted octanol–water partition coefficient (Wildman–Crippen LogP) is 1.15. The van der Waals surface area contributed by atoms with Gasteiger partial charge in [0.05, 0.1) is 12.1 Å². The van der Waals surface area contributed by atoms with Gasteiger partial charge in [-0.25, -0.2) is 0 Å². The summed E-state index contributed by atoms with van der Waals surface area (Å²) in [5.41, 5.74) is 0. The summed E-state index contributed by atoms with van der Waals surface area (Å²) >= 11 is 0. The first-order chi connectivity index (χ1) is 8.13. The van der Waals surface area contributed by atoms with E-state index in [0.717, 1.165) is 39.1 Å². The fourth-order valence-corrected chi connectivity index (χ4v) is 1.76. The van der Waals surface area contributed by atoms with E-state index in [1.165, 1.54) is 6.42 Å². The highest BCUT2D eigenvalue weighted by molar-refractivity contribution is 4.89. The second kappa shape index (κ2) is 10.5. The van der Waals surface area contributed by atoms with Crippen molar-refractivity contribution in [3.05, 3.63) is 0 Å². The summed E-state index contributed by atoms with van der Waals surface area (Å²) in [5.74, 6) is 0. The van der Waals surface area contributed by atoms with Gasteiger partial charge in [0.2, 0.25) is 0 Å². The molecule has 0 aliphatic heterocycles. The summed E-state index contributed by atoms with van der Waals surface area (Å²) in [6.07, 6.45) is 2.09. The Hall–Kier alpha value is -0.630. The van der Waals surface area contributed by atoms with Crippen molar-refractivity contribution in [3.63, 3.8) is 0 Å². The molecule has 0 aromatic carbocycles. The highest BCUT2D eigenvalue weighted by Gasteiger charge is 2.09. The number of nitriles is 1. The van der Waals surface area contributed by atoms with Crippen LogP contribution >= 0.6 is 0 Å². The molecule has 0 rings (SSSR count). The number of nitrogens with zero attached hydrogens (tertiary/aromatic N) is 3. The Morgan fingerprint density at radius 3 is 2.29 bits per heavy atom. The number of rotatable bonds is 10. The fraction of sp³-hybridized carbons (Fsp3) is 0.923. The minimum atomic E-state index is -0.00119. The number of likely N-dealkylation sites (N-methyl/N-ethyl adjacent to an activating group) is 1. The van der Waals surface area contributed by atoms with E-state index in [1.807, 2.05) is 6.92 Å². The van der Waals surface area contributed by atoms with Crippen LogP contribution in [0.5, 0.6) is 0 Å². The molecule has 0 amide bonds. The molecule has 0 aromatic rings.